The van der Waals surface area contributed by atoms with E-state index in [1.165, 1.54) is 30.6 Å². The molecule has 106 valence electrons. The molecule has 1 aromatic rings. The fraction of sp³-hybridized carbons (Fsp3) is 0.647. The summed E-state index contributed by atoms with van der Waals surface area (Å²) < 4.78 is 0. The molecule has 3 rings (SSSR count). The third kappa shape index (κ3) is 3.37. The summed E-state index contributed by atoms with van der Waals surface area (Å²) in [4.78, 5) is 2.64. The largest absolute Gasteiger partial charge is 0.311 e. The van der Waals surface area contributed by atoms with Crippen LogP contribution in [0.4, 0.5) is 0 Å². The van der Waals surface area contributed by atoms with Gasteiger partial charge in [-0.2, -0.15) is 0 Å². The maximum absolute atomic E-state index is 3.56. The molecule has 0 radical (unpaired) electrons. The molecule has 1 aromatic carbocycles. The van der Waals surface area contributed by atoms with E-state index >= 15 is 0 Å². The van der Waals surface area contributed by atoms with Crippen LogP contribution in [0.5, 0.6) is 0 Å². The van der Waals surface area contributed by atoms with Crippen LogP contribution in [0.25, 0.3) is 0 Å². The molecule has 2 aliphatic heterocycles. The van der Waals surface area contributed by atoms with Gasteiger partial charge in [-0.1, -0.05) is 52.0 Å². The maximum Gasteiger partial charge on any atom is 0.0240 e. The van der Waals surface area contributed by atoms with Gasteiger partial charge in [0.2, 0.25) is 0 Å². The molecule has 2 heterocycles. The summed E-state index contributed by atoms with van der Waals surface area (Å²) in [7, 11) is 0. The number of hydrogen-bond acceptors (Lipinski definition) is 2. The highest BCUT2D eigenvalue weighted by Crippen LogP contribution is 2.25. The normalized spacial score (nSPS) is 25.5. The first-order chi connectivity index (χ1) is 9.22. The van der Waals surface area contributed by atoms with Gasteiger partial charge < -0.3 is 5.32 Å². The zero-order valence-electron chi connectivity index (χ0n) is 12.8. The fourth-order valence-corrected chi connectivity index (χ4v) is 3.13. The Bertz CT molecular complexity index is 400. The smallest absolute Gasteiger partial charge is 0.0240 e. The van der Waals surface area contributed by atoms with Crippen molar-refractivity contribution in [3.05, 3.63) is 35.4 Å². The Morgan fingerprint density at radius 1 is 1.32 bits per heavy atom. The predicted molar refractivity (Wildman–Crippen MR) is 82.5 cm³/mol. The van der Waals surface area contributed by atoms with Gasteiger partial charge in [0.05, 0.1) is 0 Å². The van der Waals surface area contributed by atoms with Gasteiger partial charge in [-0.3, -0.25) is 4.90 Å². The van der Waals surface area contributed by atoms with Crippen molar-refractivity contribution in [1.29, 1.82) is 0 Å². The fourth-order valence-electron chi connectivity index (χ4n) is 3.13. The lowest BCUT2D eigenvalue weighted by Crippen LogP contribution is -2.42. The first-order valence-electron chi connectivity index (χ1n) is 7.78. The van der Waals surface area contributed by atoms with Crippen LogP contribution in [0, 0.1) is 0 Å². The summed E-state index contributed by atoms with van der Waals surface area (Å²) in [6.07, 6.45) is 1.35. The Hall–Kier alpha value is -0.860. The predicted octanol–water partition coefficient (Wildman–Crippen LogP) is 3.38. The molecule has 0 aromatic heterocycles. The highest BCUT2D eigenvalue weighted by molar-refractivity contribution is 5.26. The summed E-state index contributed by atoms with van der Waals surface area (Å²) in [6, 6.07) is 10.6. The van der Waals surface area contributed by atoms with Gasteiger partial charge in [-0.25, -0.2) is 0 Å². The molecule has 2 aliphatic rings. The molecule has 19 heavy (non-hydrogen) atoms. The van der Waals surface area contributed by atoms with Crippen LogP contribution in [0.2, 0.25) is 0 Å². The number of nitrogens with one attached hydrogen (secondary N) is 1. The molecular weight excluding hydrogens is 232 g/mol. The molecule has 2 saturated heterocycles. The third-order valence-corrected chi connectivity index (χ3v) is 4.17. The molecule has 1 N–H and O–H groups in total. The minimum atomic E-state index is 0.631. The van der Waals surface area contributed by atoms with Crippen molar-refractivity contribution in [1.82, 2.24) is 10.2 Å². The molecule has 2 atom stereocenters. The zero-order chi connectivity index (χ0) is 13.8. The first kappa shape index (κ1) is 14.5. The topological polar surface area (TPSA) is 15.3 Å². The van der Waals surface area contributed by atoms with Gasteiger partial charge in [0, 0.05) is 31.7 Å². The molecule has 0 saturated carbocycles. The van der Waals surface area contributed by atoms with E-state index in [0.29, 0.717) is 5.92 Å². The Morgan fingerprint density at radius 2 is 2.11 bits per heavy atom. The number of piperazine rings is 1. The molecule has 2 bridgehead atoms. The molecule has 2 unspecified atom stereocenters. The maximum atomic E-state index is 3.56. The molecule has 0 spiro atoms. The van der Waals surface area contributed by atoms with E-state index in [1.54, 1.807) is 0 Å². The first-order valence-corrected chi connectivity index (χ1v) is 7.78. The molecule has 2 heteroatoms. The minimum absolute atomic E-state index is 0.631. The van der Waals surface area contributed by atoms with Crippen LogP contribution in [0.1, 0.15) is 51.2 Å². The summed E-state index contributed by atoms with van der Waals surface area (Å²) in [5, 5.41) is 3.56. The average molecular weight is 260 g/mol. The molecular formula is C17H28N2. The van der Waals surface area contributed by atoms with Crippen molar-refractivity contribution in [3.8, 4) is 0 Å². The molecule has 0 aliphatic carbocycles. The van der Waals surface area contributed by atoms with Gasteiger partial charge in [0.15, 0.2) is 0 Å². The molecule has 0 amide bonds. The van der Waals surface area contributed by atoms with Crippen molar-refractivity contribution in [2.45, 2.75) is 58.7 Å². The minimum Gasteiger partial charge on any atom is -0.311 e. The second kappa shape index (κ2) is 6.53. The van der Waals surface area contributed by atoms with Gasteiger partial charge in [0.25, 0.3) is 0 Å². The quantitative estimate of drug-likeness (QED) is 0.896. The third-order valence-electron chi connectivity index (χ3n) is 4.17. The Kier molecular flexibility index (Phi) is 5.00. The summed E-state index contributed by atoms with van der Waals surface area (Å²) in [5.41, 5.74) is 2.94. The van der Waals surface area contributed by atoms with Crippen LogP contribution in [-0.4, -0.2) is 30.1 Å². The highest BCUT2D eigenvalue weighted by atomic mass is 15.3. The van der Waals surface area contributed by atoms with Crippen molar-refractivity contribution in [2.75, 3.05) is 13.1 Å². The summed E-state index contributed by atoms with van der Waals surface area (Å²) in [5.74, 6) is 0.631. The molecule has 2 nitrogen and oxygen atoms in total. The van der Waals surface area contributed by atoms with E-state index < -0.39 is 0 Å². The van der Waals surface area contributed by atoms with E-state index in [1.807, 2.05) is 13.8 Å². The van der Waals surface area contributed by atoms with Crippen LogP contribution in [0.3, 0.4) is 0 Å². The number of benzene rings is 1. The highest BCUT2D eigenvalue weighted by Gasteiger charge is 2.37. The second-order valence-corrected chi connectivity index (χ2v) is 5.82. The van der Waals surface area contributed by atoms with Crippen molar-refractivity contribution in [2.24, 2.45) is 0 Å². The van der Waals surface area contributed by atoms with Gasteiger partial charge in [-0.05, 0) is 23.5 Å². The van der Waals surface area contributed by atoms with Gasteiger partial charge >= 0.3 is 0 Å². The number of nitrogens with zero attached hydrogens (tertiary/aromatic N) is 1. The van der Waals surface area contributed by atoms with Crippen LogP contribution >= 0.6 is 0 Å². The van der Waals surface area contributed by atoms with Crippen molar-refractivity contribution >= 4 is 0 Å². The standard InChI is InChI=1S/C15H22N2.C2H6/c1-11(2)13-5-3-4-12(6-13)9-17-10-14-7-15(17)8-16-14;1-2/h3-6,11,14-16H,7-10H2,1-2H3;1-2H3. The lowest BCUT2D eigenvalue weighted by molar-refractivity contribution is 0.218. The van der Waals surface area contributed by atoms with Crippen molar-refractivity contribution in [3.63, 3.8) is 0 Å². The van der Waals surface area contributed by atoms with Gasteiger partial charge in [-0.15, -0.1) is 0 Å². The Balaban J connectivity index is 0.000000637. The lowest BCUT2D eigenvalue weighted by Gasteiger charge is -2.27. The molecule has 2 fully saturated rings. The van der Waals surface area contributed by atoms with Crippen LogP contribution < -0.4 is 5.32 Å². The summed E-state index contributed by atoms with van der Waals surface area (Å²) >= 11 is 0. The van der Waals surface area contributed by atoms with E-state index in [4.69, 9.17) is 0 Å². The SMILES string of the molecule is CC.CC(C)c1cccc(CN2CC3CC2CN3)c1. The Morgan fingerprint density at radius 3 is 2.68 bits per heavy atom. The Labute approximate surface area is 118 Å². The van der Waals surface area contributed by atoms with Crippen molar-refractivity contribution < 1.29 is 0 Å². The average Bonchev–Trinajstić information content (AvgIpc) is 3.04. The lowest BCUT2D eigenvalue weighted by atomic mass is 10.0. The number of hydrogen-bond donors (Lipinski definition) is 1. The monoisotopic (exact) mass is 260 g/mol. The van der Waals surface area contributed by atoms with Crippen LogP contribution in [-0.2, 0) is 6.54 Å². The van der Waals surface area contributed by atoms with Crippen LogP contribution in [0.15, 0.2) is 24.3 Å². The van der Waals surface area contributed by atoms with E-state index in [2.05, 4.69) is 48.3 Å². The second-order valence-electron chi connectivity index (χ2n) is 5.82. The number of rotatable bonds is 3. The van der Waals surface area contributed by atoms with E-state index in [0.717, 1.165) is 18.6 Å². The number of fused-ring (bicyclic) bond motifs is 2. The zero-order valence-corrected chi connectivity index (χ0v) is 12.8. The van der Waals surface area contributed by atoms with E-state index in [-0.39, 0.29) is 0 Å². The summed E-state index contributed by atoms with van der Waals surface area (Å²) in [6.45, 7) is 12.1. The van der Waals surface area contributed by atoms with Gasteiger partial charge in [0.1, 0.15) is 0 Å². The number of likely N-dealkylation sites (tertiary alicyclic amines) is 1. The van der Waals surface area contributed by atoms with E-state index in [9.17, 15) is 0 Å².